The molecule has 6 rings (SSSR count). The van der Waals surface area contributed by atoms with Crippen LogP contribution in [0.1, 0.15) is 45.4 Å². The van der Waals surface area contributed by atoms with Gasteiger partial charge < -0.3 is 19.1 Å². The fraction of sp³-hybridized carbons (Fsp3) is 0.425. The third-order valence-electron chi connectivity index (χ3n) is 8.90. The molecule has 5 aromatic rings. The maximum Gasteiger partial charge on any atom is 0.358 e. The Labute approximate surface area is 330 Å². The fourth-order valence-electron chi connectivity index (χ4n) is 5.92. The summed E-state index contributed by atoms with van der Waals surface area (Å²) < 4.78 is 35.3. The first-order valence-corrected chi connectivity index (χ1v) is 23.8. The minimum Gasteiger partial charge on any atom is -0.491 e. The number of para-hydroxylation sites is 1. The lowest BCUT2D eigenvalue weighted by Crippen LogP contribution is -2.23. The quantitative estimate of drug-likeness (QED) is 0.0455. The summed E-state index contributed by atoms with van der Waals surface area (Å²) in [6.45, 7) is 13.7. The molecular weight excluding hydrogens is 754 g/mol. The van der Waals surface area contributed by atoms with E-state index in [1.165, 1.54) is 17.4 Å². The highest BCUT2D eigenvalue weighted by Gasteiger charge is 2.30. The highest BCUT2D eigenvalue weighted by molar-refractivity contribution is 7.16. The van der Waals surface area contributed by atoms with Crippen LogP contribution < -0.4 is 14.4 Å². The van der Waals surface area contributed by atoms with E-state index in [0.29, 0.717) is 61.6 Å². The van der Waals surface area contributed by atoms with Crippen LogP contribution in [0.15, 0.2) is 47.5 Å². The monoisotopic (exact) mass is 801 g/mol. The van der Waals surface area contributed by atoms with Gasteiger partial charge in [-0.05, 0) is 83.6 Å². The molecule has 290 valence electrons. The molecule has 0 saturated heterocycles. The predicted octanol–water partition coefficient (Wildman–Crippen LogP) is 7.74. The van der Waals surface area contributed by atoms with Gasteiger partial charge in [-0.2, -0.15) is 4.99 Å². The van der Waals surface area contributed by atoms with Crippen molar-refractivity contribution in [1.29, 1.82) is 0 Å². The smallest absolute Gasteiger partial charge is 0.358 e. The molecule has 1 aliphatic heterocycles. The summed E-state index contributed by atoms with van der Waals surface area (Å²) >= 11 is 3.03. The number of aromatic nitrogens is 4. The number of halogens is 1. The second-order valence-electron chi connectivity index (χ2n) is 14.7. The topological polar surface area (TPSA) is 107 Å². The minimum absolute atomic E-state index is 0.162. The Balaban J connectivity index is 1.18. The van der Waals surface area contributed by atoms with Crippen LogP contribution in [0.3, 0.4) is 0 Å². The number of rotatable bonds is 15. The van der Waals surface area contributed by atoms with Crippen molar-refractivity contribution in [3.8, 4) is 17.6 Å². The molecule has 4 heterocycles. The molecule has 0 saturated carbocycles. The van der Waals surface area contributed by atoms with Crippen LogP contribution in [0.4, 0.5) is 21.2 Å². The normalized spacial score (nSPS) is 13.0. The van der Waals surface area contributed by atoms with Gasteiger partial charge in [-0.15, -0.1) is 21.5 Å². The molecule has 11 nitrogen and oxygen atoms in total. The summed E-state index contributed by atoms with van der Waals surface area (Å²) in [5, 5.41) is 9.91. The number of aryl methyl sites for hydroxylation is 1. The van der Waals surface area contributed by atoms with Crippen molar-refractivity contribution >= 4 is 63.7 Å². The summed E-state index contributed by atoms with van der Waals surface area (Å²) in [5.74, 6) is 6.47. The highest BCUT2D eigenvalue weighted by atomic mass is 32.1. The average molecular weight is 802 g/mol. The molecule has 0 aliphatic carbocycles. The number of anilines is 2. The lowest BCUT2D eigenvalue weighted by molar-refractivity contribution is 0.0519. The van der Waals surface area contributed by atoms with Gasteiger partial charge in [0.15, 0.2) is 38.8 Å². The van der Waals surface area contributed by atoms with Crippen molar-refractivity contribution in [2.24, 2.45) is 4.99 Å². The van der Waals surface area contributed by atoms with Crippen LogP contribution in [0.5, 0.6) is 5.75 Å². The molecule has 3 aromatic heterocycles. The summed E-state index contributed by atoms with van der Waals surface area (Å²) in [6.07, 6.45) is 1.77. The first-order chi connectivity index (χ1) is 26.4. The number of fused-ring (bicyclic) bond motifs is 2. The van der Waals surface area contributed by atoms with Gasteiger partial charge in [0.1, 0.15) is 6.73 Å². The van der Waals surface area contributed by atoms with Gasteiger partial charge in [0, 0.05) is 42.8 Å². The first-order valence-electron chi connectivity index (χ1n) is 18.5. The summed E-state index contributed by atoms with van der Waals surface area (Å²) in [6, 6.07) is 14.1. The van der Waals surface area contributed by atoms with E-state index in [1.54, 1.807) is 30.4 Å². The van der Waals surface area contributed by atoms with Gasteiger partial charge in [0.2, 0.25) is 0 Å². The van der Waals surface area contributed by atoms with E-state index in [2.05, 4.69) is 58.4 Å². The molecule has 0 spiro atoms. The van der Waals surface area contributed by atoms with E-state index < -0.39 is 19.9 Å². The molecule has 55 heavy (non-hydrogen) atoms. The van der Waals surface area contributed by atoms with Gasteiger partial charge in [-0.3, -0.25) is 9.47 Å². The Bertz CT molecular complexity index is 2290. The zero-order valence-electron chi connectivity index (χ0n) is 32.6. The first kappa shape index (κ1) is 40.2. The van der Waals surface area contributed by atoms with Crippen LogP contribution in [-0.2, 0) is 29.0 Å². The fourth-order valence-corrected chi connectivity index (χ4v) is 8.81. The molecule has 2 aromatic carbocycles. The van der Waals surface area contributed by atoms with Crippen LogP contribution in [-0.4, -0.2) is 85.7 Å². The Morgan fingerprint density at radius 1 is 1.11 bits per heavy atom. The Morgan fingerprint density at radius 2 is 1.93 bits per heavy atom. The molecular formula is C40H48FN7O4S2Si. The molecule has 0 N–H and O–H groups in total. The van der Waals surface area contributed by atoms with Crippen LogP contribution >= 0.6 is 22.7 Å². The van der Waals surface area contributed by atoms with E-state index in [1.807, 2.05) is 43.0 Å². The average Bonchev–Trinajstić information content (AvgIpc) is 3.85. The third-order valence-corrected chi connectivity index (χ3v) is 12.8. The zero-order valence-corrected chi connectivity index (χ0v) is 35.2. The number of carbonyl (C=O) groups excluding carboxylic acids is 1. The SMILES string of the molecule is CCOC(=O)c1nc(N2CCc3c2nnc(N=c2sc4ccccc4n2COCC[Si](C)(C)C)c3C)sc1CCCOc1ccc(C#CCN(C)C)cc1F. The summed E-state index contributed by atoms with van der Waals surface area (Å²) in [4.78, 5) is 28.4. The third kappa shape index (κ3) is 10.1. The minimum atomic E-state index is -1.22. The molecule has 0 radical (unpaired) electrons. The summed E-state index contributed by atoms with van der Waals surface area (Å²) in [7, 11) is 2.64. The molecule has 0 atom stereocenters. The van der Waals surface area contributed by atoms with Crippen molar-refractivity contribution in [2.75, 3.05) is 51.9 Å². The Morgan fingerprint density at radius 3 is 2.69 bits per heavy atom. The number of esters is 1. The van der Waals surface area contributed by atoms with Crippen LogP contribution in [0.25, 0.3) is 10.2 Å². The largest absolute Gasteiger partial charge is 0.491 e. The highest BCUT2D eigenvalue weighted by Crippen LogP contribution is 2.39. The van der Waals surface area contributed by atoms with Crippen molar-refractivity contribution in [2.45, 2.75) is 65.5 Å². The number of hydrogen-bond donors (Lipinski definition) is 0. The number of nitrogens with zero attached hydrogens (tertiary/aromatic N) is 7. The second kappa shape index (κ2) is 18.0. The van der Waals surface area contributed by atoms with Gasteiger partial charge in [-0.25, -0.2) is 14.2 Å². The van der Waals surface area contributed by atoms with Crippen molar-refractivity contribution in [3.63, 3.8) is 0 Å². The van der Waals surface area contributed by atoms with E-state index in [4.69, 9.17) is 24.2 Å². The Hall–Kier alpha value is -4.46. The van der Waals surface area contributed by atoms with E-state index >= 15 is 0 Å². The number of hydrogen-bond acceptors (Lipinski definition) is 12. The molecule has 15 heteroatoms. The Kier molecular flexibility index (Phi) is 13.2. The van der Waals surface area contributed by atoms with Crippen molar-refractivity contribution in [1.82, 2.24) is 24.6 Å². The maximum atomic E-state index is 14.8. The molecule has 0 fully saturated rings. The number of carbonyl (C=O) groups is 1. The number of benzene rings is 2. The molecule has 0 unspecified atom stereocenters. The van der Waals surface area contributed by atoms with Crippen LogP contribution in [0.2, 0.25) is 25.7 Å². The standard InChI is InChI=1S/C40H48FN7O4S2Si/c1-8-51-38(49)35-34(16-12-22-52-32-18-17-28(25-30(32)41)13-11-20-46(3)4)54-39(42-35)47-21-19-29-27(2)36(44-45-37(29)47)43-40-48(26-50-23-24-55(5,6)7)31-14-9-10-15-33(31)53-40/h9-10,14-15,17-18,25H,8,12,16,19-24,26H2,1-7H3. The predicted molar refractivity (Wildman–Crippen MR) is 220 cm³/mol. The lowest BCUT2D eigenvalue weighted by Gasteiger charge is -2.16. The lowest BCUT2D eigenvalue weighted by atomic mass is 10.1. The van der Waals surface area contributed by atoms with Gasteiger partial charge in [0.05, 0.1) is 30.0 Å². The van der Waals surface area contributed by atoms with Crippen molar-refractivity contribution in [3.05, 3.63) is 80.3 Å². The number of ether oxygens (including phenoxy) is 3. The van der Waals surface area contributed by atoms with Gasteiger partial charge in [0.25, 0.3) is 0 Å². The van der Waals surface area contributed by atoms with Gasteiger partial charge >= 0.3 is 5.97 Å². The zero-order chi connectivity index (χ0) is 39.1. The van der Waals surface area contributed by atoms with E-state index in [9.17, 15) is 9.18 Å². The number of thiazole rings is 2. The maximum absolute atomic E-state index is 14.8. The second-order valence-corrected chi connectivity index (χ2v) is 22.4. The summed E-state index contributed by atoms with van der Waals surface area (Å²) in [5.41, 5.74) is 3.95. The molecule has 0 bridgehead atoms. The van der Waals surface area contributed by atoms with E-state index in [0.717, 1.165) is 43.5 Å². The van der Waals surface area contributed by atoms with Gasteiger partial charge in [-0.1, -0.05) is 55.0 Å². The van der Waals surface area contributed by atoms with Crippen LogP contribution in [0, 0.1) is 24.6 Å². The van der Waals surface area contributed by atoms with Crippen molar-refractivity contribution < 1.29 is 23.4 Å². The molecule has 0 amide bonds. The molecule has 1 aliphatic rings. The van der Waals surface area contributed by atoms with E-state index in [-0.39, 0.29) is 24.7 Å².